The largest absolute Gasteiger partial charge is 0.490 e. The fraction of sp³-hybridized carbons (Fsp3) is 0.100. The zero-order valence-electron chi connectivity index (χ0n) is 20.6. The lowest BCUT2D eigenvalue weighted by Crippen LogP contribution is -2.27. The van der Waals surface area contributed by atoms with Crippen molar-refractivity contribution in [2.75, 3.05) is 6.61 Å². The number of thioether (sulfide) groups is 1. The first-order valence-corrected chi connectivity index (χ1v) is 13.6. The molecule has 5 rings (SSSR count). The lowest BCUT2D eigenvalue weighted by atomic mass is 10.1. The van der Waals surface area contributed by atoms with Crippen molar-refractivity contribution >= 4 is 68.9 Å². The summed E-state index contributed by atoms with van der Waals surface area (Å²) in [5.41, 5.74) is 1.62. The molecule has 6 nitrogen and oxygen atoms in total. The quantitative estimate of drug-likeness (QED) is 0.126. The van der Waals surface area contributed by atoms with Crippen LogP contribution in [0.1, 0.15) is 28.4 Å². The maximum atomic E-state index is 13.2. The van der Waals surface area contributed by atoms with Crippen molar-refractivity contribution in [2.45, 2.75) is 13.5 Å². The van der Waals surface area contributed by atoms with Gasteiger partial charge in [0.2, 0.25) is 0 Å². The van der Waals surface area contributed by atoms with E-state index in [2.05, 4.69) is 0 Å². The van der Waals surface area contributed by atoms with E-state index in [1.54, 1.807) is 43.3 Å². The Hall–Kier alpha value is -3.78. The van der Waals surface area contributed by atoms with E-state index in [0.29, 0.717) is 10.6 Å². The maximum absolute atomic E-state index is 13.2. The van der Waals surface area contributed by atoms with Crippen LogP contribution in [0, 0.1) is 0 Å². The summed E-state index contributed by atoms with van der Waals surface area (Å²) >= 11 is 13.3. The molecular formula is C30H21Cl2NO5S. The lowest BCUT2D eigenvalue weighted by molar-refractivity contribution is -0.123. The van der Waals surface area contributed by atoms with Crippen molar-refractivity contribution in [1.82, 2.24) is 4.90 Å². The van der Waals surface area contributed by atoms with Crippen molar-refractivity contribution in [3.63, 3.8) is 0 Å². The molecular weight excluding hydrogens is 557 g/mol. The smallest absolute Gasteiger partial charge is 0.343 e. The molecule has 2 amide bonds. The minimum atomic E-state index is -0.650. The average molecular weight is 578 g/mol. The summed E-state index contributed by atoms with van der Waals surface area (Å²) in [6.45, 7) is 2.22. The molecule has 4 aromatic carbocycles. The maximum Gasteiger partial charge on any atom is 0.343 e. The number of hydrogen-bond acceptors (Lipinski definition) is 6. The Morgan fingerprint density at radius 3 is 2.51 bits per heavy atom. The van der Waals surface area contributed by atoms with Crippen molar-refractivity contribution in [2.24, 2.45) is 0 Å². The fourth-order valence-electron chi connectivity index (χ4n) is 4.11. The highest BCUT2D eigenvalue weighted by molar-refractivity contribution is 8.18. The number of nitrogens with zero attached hydrogens (tertiary/aromatic N) is 1. The molecule has 0 aromatic heterocycles. The number of amides is 2. The molecule has 196 valence electrons. The number of ether oxygens (including phenoxy) is 2. The second kappa shape index (κ2) is 11.5. The Kier molecular flexibility index (Phi) is 7.93. The summed E-state index contributed by atoms with van der Waals surface area (Å²) in [4.78, 5) is 40.0. The van der Waals surface area contributed by atoms with E-state index >= 15 is 0 Å². The summed E-state index contributed by atoms with van der Waals surface area (Å²) in [7, 11) is 0. The predicted octanol–water partition coefficient (Wildman–Crippen LogP) is 8.00. The Balaban J connectivity index is 1.38. The first kappa shape index (κ1) is 26.8. The number of benzene rings is 4. The molecule has 0 spiro atoms. The first-order chi connectivity index (χ1) is 18.8. The van der Waals surface area contributed by atoms with Crippen LogP contribution in [0.2, 0.25) is 10.0 Å². The summed E-state index contributed by atoms with van der Waals surface area (Å²) in [6, 6.07) is 23.2. The van der Waals surface area contributed by atoms with Crippen LogP contribution >= 0.6 is 35.0 Å². The number of imide groups is 1. The van der Waals surface area contributed by atoms with Crippen LogP contribution in [0.15, 0.2) is 83.8 Å². The van der Waals surface area contributed by atoms with E-state index in [-0.39, 0.29) is 45.4 Å². The Labute approximate surface area is 239 Å². The van der Waals surface area contributed by atoms with E-state index in [9.17, 15) is 14.4 Å². The van der Waals surface area contributed by atoms with Gasteiger partial charge in [0.05, 0.1) is 28.6 Å². The van der Waals surface area contributed by atoms with Crippen LogP contribution in [0.3, 0.4) is 0 Å². The van der Waals surface area contributed by atoms with Crippen LogP contribution in [0.4, 0.5) is 4.79 Å². The van der Waals surface area contributed by atoms with Gasteiger partial charge in [-0.15, -0.1) is 0 Å². The van der Waals surface area contributed by atoms with Gasteiger partial charge >= 0.3 is 5.97 Å². The zero-order valence-corrected chi connectivity index (χ0v) is 23.0. The van der Waals surface area contributed by atoms with Gasteiger partial charge in [0.25, 0.3) is 11.1 Å². The molecule has 0 N–H and O–H groups in total. The molecule has 1 fully saturated rings. The van der Waals surface area contributed by atoms with Gasteiger partial charge < -0.3 is 9.47 Å². The SMILES string of the molecule is CCOc1cc(/C=C2\SC(=O)N(Cc3ccc4ccccc4c3)C2=O)cc(Cl)c1OC(=O)c1cccc(Cl)c1. The number of fused-ring (bicyclic) bond motifs is 1. The number of hydrogen-bond donors (Lipinski definition) is 0. The highest BCUT2D eigenvalue weighted by atomic mass is 35.5. The number of esters is 1. The molecule has 4 aromatic rings. The predicted molar refractivity (Wildman–Crippen MR) is 154 cm³/mol. The number of rotatable bonds is 7. The van der Waals surface area contributed by atoms with E-state index in [0.717, 1.165) is 28.1 Å². The summed E-state index contributed by atoms with van der Waals surface area (Å²) in [5.74, 6) is -0.779. The molecule has 9 heteroatoms. The molecule has 0 aliphatic carbocycles. The van der Waals surface area contributed by atoms with Gasteiger partial charge in [0, 0.05) is 5.02 Å². The highest BCUT2D eigenvalue weighted by Gasteiger charge is 2.35. The highest BCUT2D eigenvalue weighted by Crippen LogP contribution is 2.40. The van der Waals surface area contributed by atoms with E-state index in [1.165, 1.54) is 11.0 Å². The van der Waals surface area contributed by atoms with Gasteiger partial charge in [0.1, 0.15) is 0 Å². The number of carbonyl (C=O) groups excluding carboxylic acids is 3. The van der Waals surface area contributed by atoms with E-state index in [4.69, 9.17) is 32.7 Å². The van der Waals surface area contributed by atoms with Gasteiger partial charge in [-0.1, -0.05) is 65.7 Å². The van der Waals surface area contributed by atoms with Gasteiger partial charge in [-0.05, 0) is 83.1 Å². The first-order valence-electron chi connectivity index (χ1n) is 12.0. The van der Waals surface area contributed by atoms with Crippen molar-refractivity contribution in [3.05, 3.63) is 111 Å². The summed E-state index contributed by atoms with van der Waals surface area (Å²) in [6.07, 6.45) is 1.57. The number of carbonyl (C=O) groups is 3. The van der Waals surface area contributed by atoms with Crippen LogP contribution in [-0.2, 0) is 11.3 Å². The third-order valence-electron chi connectivity index (χ3n) is 5.91. The second-order valence-corrected chi connectivity index (χ2v) is 10.4. The van der Waals surface area contributed by atoms with Crippen molar-refractivity contribution in [3.8, 4) is 11.5 Å². The zero-order chi connectivity index (χ0) is 27.5. The molecule has 0 atom stereocenters. The molecule has 39 heavy (non-hydrogen) atoms. The second-order valence-electron chi connectivity index (χ2n) is 8.61. The van der Waals surface area contributed by atoms with E-state index in [1.807, 2.05) is 42.5 Å². The minimum absolute atomic E-state index is 0.0463. The van der Waals surface area contributed by atoms with E-state index < -0.39 is 11.9 Å². The molecule has 1 saturated heterocycles. The minimum Gasteiger partial charge on any atom is -0.490 e. The fourth-order valence-corrected chi connectivity index (χ4v) is 5.39. The van der Waals surface area contributed by atoms with Crippen LogP contribution < -0.4 is 9.47 Å². The average Bonchev–Trinajstić information content (AvgIpc) is 3.17. The van der Waals surface area contributed by atoms with Crippen LogP contribution in [0.25, 0.3) is 16.8 Å². The normalized spacial score (nSPS) is 14.3. The molecule has 0 saturated carbocycles. The third kappa shape index (κ3) is 5.96. The molecule has 1 heterocycles. The summed E-state index contributed by atoms with van der Waals surface area (Å²) < 4.78 is 11.2. The Morgan fingerprint density at radius 1 is 0.949 bits per heavy atom. The van der Waals surface area contributed by atoms with Gasteiger partial charge in [-0.25, -0.2) is 4.79 Å². The number of halogens is 2. The standard InChI is InChI=1S/C30H21Cl2NO5S/c1-2-37-25-14-19(13-24(32)27(25)38-29(35)22-8-5-9-23(31)16-22)15-26-28(34)33(30(36)39-26)17-18-10-11-20-6-3-4-7-21(20)12-18/h3-16H,2,17H2,1H3/b26-15-. The molecule has 1 aliphatic heterocycles. The van der Waals surface area contributed by atoms with Crippen molar-refractivity contribution < 1.29 is 23.9 Å². The monoisotopic (exact) mass is 577 g/mol. The molecule has 0 unspecified atom stereocenters. The third-order valence-corrected chi connectivity index (χ3v) is 7.34. The van der Waals surface area contributed by atoms with Crippen molar-refractivity contribution in [1.29, 1.82) is 0 Å². The Bertz CT molecular complexity index is 1650. The topological polar surface area (TPSA) is 72.9 Å². The summed E-state index contributed by atoms with van der Waals surface area (Å²) in [5, 5.41) is 2.26. The van der Waals surface area contributed by atoms with Gasteiger partial charge in [-0.3, -0.25) is 14.5 Å². The van der Waals surface area contributed by atoms with Gasteiger partial charge in [0.15, 0.2) is 11.5 Å². The molecule has 1 aliphatic rings. The lowest BCUT2D eigenvalue weighted by Gasteiger charge is -2.14. The molecule has 0 bridgehead atoms. The molecule has 0 radical (unpaired) electrons. The van der Waals surface area contributed by atoms with Crippen LogP contribution in [-0.4, -0.2) is 28.6 Å². The van der Waals surface area contributed by atoms with Gasteiger partial charge in [-0.2, -0.15) is 0 Å². The Morgan fingerprint density at radius 2 is 1.74 bits per heavy atom. The van der Waals surface area contributed by atoms with Crippen LogP contribution in [0.5, 0.6) is 11.5 Å².